The van der Waals surface area contributed by atoms with E-state index in [1.807, 2.05) is 32.0 Å². The maximum atomic E-state index is 13.6. The minimum atomic E-state index is -0.640. The Morgan fingerprint density at radius 1 is 1.23 bits per heavy atom. The molecule has 0 amide bonds. The lowest BCUT2D eigenvalue weighted by Crippen LogP contribution is -2.39. The zero-order valence-corrected chi connectivity index (χ0v) is 17.9. The van der Waals surface area contributed by atoms with Crippen molar-refractivity contribution in [2.75, 3.05) is 19.7 Å². The highest BCUT2D eigenvalue weighted by atomic mass is 19.1. The van der Waals surface area contributed by atoms with Crippen LogP contribution in [0.4, 0.5) is 4.39 Å². The zero-order chi connectivity index (χ0) is 21.5. The second-order valence-corrected chi connectivity index (χ2v) is 8.14. The lowest BCUT2D eigenvalue weighted by molar-refractivity contribution is -0.0194. The second kappa shape index (κ2) is 10.7. The van der Waals surface area contributed by atoms with Gasteiger partial charge in [0.2, 0.25) is 0 Å². The molecule has 1 aliphatic heterocycles. The van der Waals surface area contributed by atoms with Crippen LogP contribution in [-0.2, 0) is 16.1 Å². The molecule has 30 heavy (non-hydrogen) atoms. The zero-order valence-electron chi connectivity index (χ0n) is 17.9. The van der Waals surface area contributed by atoms with Gasteiger partial charge in [0.25, 0.3) is 0 Å². The predicted molar refractivity (Wildman–Crippen MR) is 116 cm³/mol. The van der Waals surface area contributed by atoms with Crippen molar-refractivity contribution in [3.05, 3.63) is 71.0 Å². The quantitative estimate of drug-likeness (QED) is 0.640. The van der Waals surface area contributed by atoms with E-state index in [0.29, 0.717) is 26.1 Å². The van der Waals surface area contributed by atoms with Crippen LogP contribution in [-0.4, -0.2) is 53.7 Å². The highest BCUT2D eigenvalue weighted by Gasteiger charge is 2.26. The molecule has 0 unspecified atom stereocenters. The third kappa shape index (κ3) is 6.62. The number of halogens is 1. The fourth-order valence-electron chi connectivity index (χ4n) is 3.62. The topological polar surface area (TPSA) is 54.3 Å². The molecule has 6 heteroatoms. The molecule has 0 spiro atoms. The number of oxime groups is 1. The van der Waals surface area contributed by atoms with Gasteiger partial charge in [0.1, 0.15) is 11.9 Å². The molecular formula is C24H31FN2O3. The number of nitrogens with zero attached hydrogens (tertiary/aromatic N) is 2. The molecule has 1 N–H and O–H groups in total. The first-order chi connectivity index (χ1) is 14.4. The number of benzene rings is 2. The van der Waals surface area contributed by atoms with E-state index in [4.69, 9.17) is 9.57 Å². The highest BCUT2D eigenvalue weighted by Crippen LogP contribution is 2.21. The molecule has 162 valence electrons. The van der Waals surface area contributed by atoms with Crippen LogP contribution in [0.1, 0.15) is 37.0 Å². The monoisotopic (exact) mass is 414 g/mol. The molecule has 0 aromatic heterocycles. The summed E-state index contributed by atoms with van der Waals surface area (Å²) in [4.78, 5) is 7.78. The van der Waals surface area contributed by atoms with Crippen LogP contribution in [0.15, 0.2) is 53.7 Å². The van der Waals surface area contributed by atoms with Gasteiger partial charge < -0.3 is 14.7 Å². The van der Waals surface area contributed by atoms with E-state index in [2.05, 4.69) is 29.1 Å². The summed E-state index contributed by atoms with van der Waals surface area (Å²) in [6, 6.07) is 14.7. The summed E-state index contributed by atoms with van der Waals surface area (Å²) < 4.78 is 19.2. The van der Waals surface area contributed by atoms with Gasteiger partial charge in [0.15, 0.2) is 0 Å². The Morgan fingerprint density at radius 2 is 2.03 bits per heavy atom. The maximum Gasteiger partial charge on any atom is 0.145 e. The van der Waals surface area contributed by atoms with Gasteiger partial charge in [-0.15, -0.1) is 0 Å². The second-order valence-electron chi connectivity index (χ2n) is 8.14. The Morgan fingerprint density at radius 3 is 2.77 bits per heavy atom. The van der Waals surface area contributed by atoms with Gasteiger partial charge >= 0.3 is 0 Å². The van der Waals surface area contributed by atoms with Gasteiger partial charge in [-0.05, 0) is 44.0 Å². The molecule has 2 aromatic carbocycles. The molecule has 3 rings (SSSR count). The lowest BCUT2D eigenvalue weighted by atomic mass is 10.00. The molecule has 2 atom stereocenters. The van der Waals surface area contributed by atoms with Crippen LogP contribution in [0, 0.1) is 12.7 Å². The van der Waals surface area contributed by atoms with Crippen LogP contribution in [0.3, 0.4) is 0 Å². The molecule has 0 fully saturated rings. The number of aliphatic hydroxyl groups is 1. The van der Waals surface area contributed by atoms with Crippen LogP contribution in [0.2, 0.25) is 0 Å². The summed E-state index contributed by atoms with van der Waals surface area (Å²) >= 11 is 0. The van der Waals surface area contributed by atoms with E-state index < -0.39 is 6.10 Å². The summed E-state index contributed by atoms with van der Waals surface area (Å²) in [6.07, 6.45) is -0.00614. The first-order valence-electron chi connectivity index (χ1n) is 10.5. The van der Waals surface area contributed by atoms with Crippen molar-refractivity contribution < 1.29 is 19.1 Å². The van der Waals surface area contributed by atoms with Crippen LogP contribution in [0.5, 0.6) is 0 Å². The minimum Gasteiger partial charge on any atom is -0.390 e. The van der Waals surface area contributed by atoms with Crippen LogP contribution < -0.4 is 0 Å². The number of aliphatic hydroxyl groups excluding tert-OH is 1. The van der Waals surface area contributed by atoms with Gasteiger partial charge in [-0.25, -0.2) is 4.39 Å². The summed E-state index contributed by atoms with van der Waals surface area (Å²) in [5, 5.41) is 14.7. The van der Waals surface area contributed by atoms with Crippen LogP contribution >= 0.6 is 0 Å². The van der Waals surface area contributed by atoms with E-state index >= 15 is 0 Å². The summed E-state index contributed by atoms with van der Waals surface area (Å²) in [5.74, 6) is -0.265. The molecule has 0 saturated carbocycles. The predicted octanol–water partition coefficient (Wildman–Crippen LogP) is 3.92. The van der Waals surface area contributed by atoms with Crippen molar-refractivity contribution in [3.63, 3.8) is 0 Å². The smallest absolute Gasteiger partial charge is 0.145 e. The average Bonchev–Trinajstić information content (AvgIpc) is 3.15. The third-order valence-electron chi connectivity index (χ3n) is 5.04. The van der Waals surface area contributed by atoms with Crippen molar-refractivity contribution in [1.82, 2.24) is 4.90 Å². The molecular weight excluding hydrogens is 383 g/mol. The van der Waals surface area contributed by atoms with Gasteiger partial charge in [0.05, 0.1) is 24.5 Å². The van der Waals surface area contributed by atoms with E-state index in [-0.39, 0.29) is 24.6 Å². The standard InChI is InChI=1S/C24H31FN2O3/c1-17(2)29-16-21(28)14-27(13-19-8-6-9-20(25)11-19)15-22-12-24(26-30-22)23-10-5-4-7-18(23)3/h4-11,17,21-22,28H,12-16H2,1-3H3/t21-,22+/m0/s1. The Hall–Kier alpha value is -2.28. The Labute approximate surface area is 178 Å². The molecule has 0 aliphatic carbocycles. The van der Waals surface area contributed by atoms with Crippen molar-refractivity contribution >= 4 is 5.71 Å². The fourth-order valence-corrected chi connectivity index (χ4v) is 3.62. The lowest BCUT2D eigenvalue weighted by Gasteiger charge is -2.27. The largest absolute Gasteiger partial charge is 0.390 e. The normalized spacial score (nSPS) is 17.3. The van der Waals surface area contributed by atoms with Crippen molar-refractivity contribution in [2.24, 2.45) is 5.16 Å². The van der Waals surface area contributed by atoms with E-state index in [1.165, 1.54) is 17.7 Å². The number of hydrogen-bond acceptors (Lipinski definition) is 5. The summed E-state index contributed by atoms with van der Waals surface area (Å²) in [7, 11) is 0. The highest BCUT2D eigenvalue weighted by molar-refractivity contribution is 6.02. The maximum absolute atomic E-state index is 13.6. The number of aryl methyl sites for hydroxylation is 1. The van der Waals surface area contributed by atoms with Crippen molar-refractivity contribution in [2.45, 2.75) is 52.0 Å². The van der Waals surface area contributed by atoms with Gasteiger partial charge in [-0.2, -0.15) is 0 Å². The SMILES string of the molecule is Cc1ccccc1C1=NO[C@@H](CN(Cc2cccc(F)c2)C[C@H](O)COC(C)C)C1. The average molecular weight is 415 g/mol. The minimum absolute atomic E-state index is 0.0551. The Balaban J connectivity index is 1.64. The van der Waals surface area contributed by atoms with Crippen LogP contribution in [0.25, 0.3) is 0 Å². The Bertz CT molecular complexity index is 856. The van der Waals surface area contributed by atoms with E-state index in [1.54, 1.807) is 6.07 Å². The van der Waals surface area contributed by atoms with Crippen molar-refractivity contribution in [1.29, 1.82) is 0 Å². The molecule has 0 bridgehead atoms. The third-order valence-corrected chi connectivity index (χ3v) is 5.04. The van der Waals surface area contributed by atoms with Gasteiger partial charge in [-0.1, -0.05) is 41.6 Å². The Kier molecular flexibility index (Phi) is 7.96. The molecule has 0 radical (unpaired) electrons. The summed E-state index contributed by atoms with van der Waals surface area (Å²) in [6.45, 7) is 7.69. The molecule has 2 aromatic rings. The molecule has 1 heterocycles. The molecule has 1 aliphatic rings. The van der Waals surface area contributed by atoms with E-state index in [0.717, 1.165) is 16.8 Å². The van der Waals surface area contributed by atoms with E-state index in [9.17, 15) is 9.50 Å². The van der Waals surface area contributed by atoms with Crippen molar-refractivity contribution in [3.8, 4) is 0 Å². The first kappa shape index (κ1) is 22.4. The molecule has 0 saturated heterocycles. The number of hydrogen-bond donors (Lipinski definition) is 1. The molecule has 5 nitrogen and oxygen atoms in total. The first-order valence-corrected chi connectivity index (χ1v) is 10.5. The fraction of sp³-hybridized carbons (Fsp3) is 0.458. The van der Waals surface area contributed by atoms with Gasteiger partial charge in [0, 0.05) is 31.6 Å². The van der Waals surface area contributed by atoms with Gasteiger partial charge in [-0.3, -0.25) is 4.90 Å². The number of rotatable bonds is 10. The number of ether oxygens (including phenoxy) is 1. The summed E-state index contributed by atoms with van der Waals surface area (Å²) in [5.41, 5.74) is 4.05.